The van der Waals surface area contributed by atoms with Gasteiger partial charge in [0.15, 0.2) is 0 Å². The fraction of sp³-hybridized carbons (Fsp3) is 0.200. The van der Waals surface area contributed by atoms with E-state index < -0.39 is 0 Å². The van der Waals surface area contributed by atoms with Crippen LogP contribution < -0.4 is 5.32 Å². The first-order chi connectivity index (χ1) is 9.22. The van der Waals surface area contributed by atoms with Gasteiger partial charge in [-0.1, -0.05) is 17.7 Å². The van der Waals surface area contributed by atoms with E-state index in [1.807, 2.05) is 18.2 Å². The van der Waals surface area contributed by atoms with Gasteiger partial charge in [-0.25, -0.2) is 4.98 Å². The molecule has 0 bridgehead atoms. The van der Waals surface area contributed by atoms with Crippen molar-refractivity contribution in [2.75, 3.05) is 5.32 Å². The van der Waals surface area contributed by atoms with Crippen LogP contribution in [0.1, 0.15) is 27.9 Å². The molecule has 1 aliphatic rings. The molecule has 1 heterocycles. The SMILES string of the molecule is O=C(Nc1cc(Cl)ccn1)c1ccc2c(c1)CCC2. The highest BCUT2D eigenvalue weighted by Crippen LogP contribution is 2.23. The van der Waals surface area contributed by atoms with Crippen LogP contribution in [0.15, 0.2) is 36.5 Å². The van der Waals surface area contributed by atoms with Gasteiger partial charge in [0.1, 0.15) is 5.82 Å². The van der Waals surface area contributed by atoms with E-state index in [1.54, 1.807) is 18.3 Å². The molecule has 1 N–H and O–H groups in total. The lowest BCUT2D eigenvalue weighted by Crippen LogP contribution is -2.13. The zero-order valence-corrected chi connectivity index (χ0v) is 11.1. The van der Waals surface area contributed by atoms with Crippen molar-refractivity contribution in [3.63, 3.8) is 0 Å². The third-order valence-electron chi connectivity index (χ3n) is 3.32. The minimum Gasteiger partial charge on any atom is -0.307 e. The number of hydrogen-bond donors (Lipinski definition) is 1. The van der Waals surface area contributed by atoms with Crippen molar-refractivity contribution in [3.8, 4) is 0 Å². The Morgan fingerprint density at radius 3 is 2.84 bits per heavy atom. The standard InChI is InChI=1S/C15H13ClN2O/c16-13-6-7-17-14(9-13)18-15(19)12-5-4-10-2-1-3-11(10)8-12/h4-9H,1-3H2,(H,17,18,19). The van der Waals surface area contributed by atoms with E-state index in [1.165, 1.54) is 17.5 Å². The summed E-state index contributed by atoms with van der Waals surface area (Å²) in [6, 6.07) is 9.19. The Balaban J connectivity index is 1.81. The third kappa shape index (κ3) is 2.61. The topological polar surface area (TPSA) is 42.0 Å². The molecule has 96 valence electrons. The molecular weight excluding hydrogens is 260 g/mol. The summed E-state index contributed by atoms with van der Waals surface area (Å²) in [5.74, 6) is 0.322. The maximum absolute atomic E-state index is 12.1. The van der Waals surface area contributed by atoms with Gasteiger partial charge in [0, 0.05) is 16.8 Å². The Morgan fingerprint density at radius 1 is 1.16 bits per heavy atom. The molecule has 0 fully saturated rings. The minimum absolute atomic E-state index is 0.149. The van der Waals surface area contributed by atoms with Crippen molar-refractivity contribution in [3.05, 3.63) is 58.2 Å². The van der Waals surface area contributed by atoms with E-state index in [9.17, 15) is 4.79 Å². The second-order valence-electron chi connectivity index (χ2n) is 4.65. The fourth-order valence-corrected chi connectivity index (χ4v) is 2.53. The van der Waals surface area contributed by atoms with Crippen LogP contribution in [0.25, 0.3) is 0 Å². The molecule has 0 spiro atoms. The van der Waals surface area contributed by atoms with Crippen molar-refractivity contribution in [1.29, 1.82) is 0 Å². The largest absolute Gasteiger partial charge is 0.307 e. The van der Waals surface area contributed by atoms with Crippen LogP contribution in [0.4, 0.5) is 5.82 Å². The van der Waals surface area contributed by atoms with Gasteiger partial charge in [-0.15, -0.1) is 0 Å². The zero-order chi connectivity index (χ0) is 13.2. The smallest absolute Gasteiger partial charge is 0.256 e. The van der Waals surface area contributed by atoms with E-state index in [-0.39, 0.29) is 5.91 Å². The molecule has 4 heteroatoms. The fourth-order valence-electron chi connectivity index (χ4n) is 2.37. The van der Waals surface area contributed by atoms with Gasteiger partial charge < -0.3 is 5.32 Å². The number of halogens is 1. The highest BCUT2D eigenvalue weighted by atomic mass is 35.5. The van der Waals surface area contributed by atoms with Crippen LogP contribution in [0.2, 0.25) is 5.02 Å². The number of anilines is 1. The summed E-state index contributed by atoms with van der Waals surface area (Å²) in [6.45, 7) is 0. The number of aryl methyl sites for hydroxylation is 2. The molecule has 0 radical (unpaired) electrons. The van der Waals surface area contributed by atoms with Crippen LogP contribution >= 0.6 is 11.6 Å². The van der Waals surface area contributed by atoms with Crippen LogP contribution in [-0.4, -0.2) is 10.9 Å². The average Bonchev–Trinajstić information content (AvgIpc) is 2.85. The number of carbonyl (C=O) groups is 1. The Kier molecular flexibility index (Phi) is 3.22. The van der Waals surface area contributed by atoms with E-state index in [4.69, 9.17) is 11.6 Å². The predicted octanol–water partition coefficient (Wildman–Crippen LogP) is 3.48. The number of pyridine rings is 1. The normalized spacial score (nSPS) is 13.1. The summed E-state index contributed by atoms with van der Waals surface area (Å²) in [4.78, 5) is 16.2. The van der Waals surface area contributed by atoms with Crippen LogP contribution in [0.5, 0.6) is 0 Å². The van der Waals surface area contributed by atoms with Crippen molar-refractivity contribution in [1.82, 2.24) is 4.98 Å². The molecular formula is C15H13ClN2O. The Morgan fingerprint density at radius 2 is 2.00 bits per heavy atom. The predicted molar refractivity (Wildman–Crippen MR) is 75.7 cm³/mol. The van der Waals surface area contributed by atoms with Gasteiger partial charge >= 0.3 is 0 Å². The molecule has 19 heavy (non-hydrogen) atoms. The summed E-state index contributed by atoms with van der Waals surface area (Å²) in [5.41, 5.74) is 3.31. The van der Waals surface area contributed by atoms with Crippen molar-refractivity contribution < 1.29 is 4.79 Å². The molecule has 0 saturated carbocycles. The molecule has 0 atom stereocenters. The van der Waals surface area contributed by atoms with Gasteiger partial charge in [-0.05, 0) is 54.7 Å². The number of aromatic nitrogens is 1. The Bertz CT molecular complexity index is 640. The van der Waals surface area contributed by atoms with Crippen molar-refractivity contribution in [2.24, 2.45) is 0 Å². The second-order valence-corrected chi connectivity index (χ2v) is 5.09. The summed E-state index contributed by atoms with van der Waals surface area (Å²) < 4.78 is 0. The van der Waals surface area contributed by atoms with Gasteiger partial charge in [-0.3, -0.25) is 4.79 Å². The van der Waals surface area contributed by atoms with Crippen LogP contribution in [0, 0.1) is 0 Å². The quantitative estimate of drug-likeness (QED) is 0.909. The highest BCUT2D eigenvalue weighted by molar-refractivity contribution is 6.30. The van der Waals surface area contributed by atoms with E-state index in [2.05, 4.69) is 10.3 Å². The molecule has 3 nitrogen and oxygen atoms in total. The number of carbonyl (C=O) groups excluding carboxylic acids is 1. The number of benzene rings is 1. The maximum Gasteiger partial charge on any atom is 0.256 e. The number of amides is 1. The lowest BCUT2D eigenvalue weighted by molar-refractivity contribution is 0.102. The number of nitrogens with one attached hydrogen (secondary N) is 1. The number of rotatable bonds is 2. The van der Waals surface area contributed by atoms with Gasteiger partial charge in [0.2, 0.25) is 0 Å². The van der Waals surface area contributed by atoms with Crippen LogP contribution in [-0.2, 0) is 12.8 Å². The second kappa shape index (κ2) is 5.02. The molecule has 0 unspecified atom stereocenters. The zero-order valence-electron chi connectivity index (χ0n) is 10.3. The van der Waals surface area contributed by atoms with E-state index in [0.29, 0.717) is 16.4 Å². The minimum atomic E-state index is -0.149. The van der Waals surface area contributed by atoms with Crippen molar-refractivity contribution in [2.45, 2.75) is 19.3 Å². The molecule has 0 saturated heterocycles. The molecule has 1 aromatic carbocycles. The Labute approximate surface area is 116 Å². The maximum atomic E-state index is 12.1. The molecule has 3 rings (SSSR count). The molecule has 1 amide bonds. The first-order valence-electron chi connectivity index (χ1n) is 6.27. The van der Waals surface area contributed by atoms with Crippen LogP contribution in [0.3, 0.4) is 0 Å². The summed E-state index contributed by atoms with van der Waals surface area (Å²) in [7, 11) is 0. The van der Waals surface area contributed by atoms with Crippen molar-refractivity contribution >= 4 is 23.3 Å². The molecule has 0 aliphatic heterocycles. The monoisotopic (exact) mass is 272 g/mol. The number of fused-ring (bicyclic) bond motifs is 1. The van der Waals surface area contributed by atoms with Gasteiger partial charge in [0.05, 0.1) is 0 Å². The first-order valence-corrected chi connectivity index (χ1v) is 6.65. The number of nitrogens with zero attached hydrogens (tertiary/aromatic N) is 1. The third-order valence-corrected chi connectivity index (χ3v) is 3.56. The van der Waals surface area contributed by atoms with Gasteiger partial charge in [0.25, 0.3) is 5.91 Å². The first kappa shape index (κ1) is 12.2. The lowest BCUT2D eigenvalue weighted by atomic mass is 10.1. The Hall–Kier alpha value is -1.87. The number of hydrogen-bond acceptors (Lipinski definition) is 2. The molecule has 2 aromatic rings. The molecule has 1 aromatic heterocycles. The van der Waals surface area contributed by atoms with E-state index >= 15 is 0 Å². The van der Waals surface area contributed by atoms with Gasteiger partial charge in [-0.2, -0.15) is 0 Å². The van der Waals surface area contributed by atoms with E-state index in [0.717, 1.165) is 12.8 Å². The summed E-state index contributed by atoms with van der Waals surface area (Å²) in [6.07, 6.45) is 4.93. The average molecular weight is 273 g/mol. The summed E-state index contributed by atoms with van der Waals surface area (Å²) in [5, 5.41) is 3.31. The highest BCUT2D eigenvalue weighted by Gasteiger charge is 2.14. The molecule has 1 aliphatic carbocycles. The lowest BCUT2D eigenvalue weighted by Gasteiger charge is -2.06. The summed E-state index contributed by atoms with van der Waals surface area (Å²) >= 11 is 5.86.